The number of Topliss-reactive ketones (excluding diaryl/α,β-unsaturated/α-hetero) is 1. The number of tetrazole rings is 1. The van der Waals surface area contributed by atoms with E-state index in [1.807, 2.05) is 6.92 Å². The molecule has 2 rings (SSSR count). The highest BCUT2D eigenvalue weighted by atomic mass is 79.9. The minimum atomic E-state index is -0.171. The third-order valence-corrected chi connectivity index (χ3v) is 4.95. The molecule has 2 aromatic rings. The van der Waals surface area contributed by atoms with Crippen molar-refractivity contribution in [2.75, 3.05) is 18.5 Å². The highest BCUT2D eigenvalue weighted by Gasteiger charge is 2.15. The molecule has 1 aromatic heterocycles. The number of halogens is 1. The molecule has 0 radical (unpaired) electrons. The van der Waals surface area contributed by atoms with Gasteiger partial charge in [0, 0.05) is 23.7 Å². The molecule has 0 fully saturated rings. The van der Waals surface area contributed by atoms with Gasteiger partial charge in [-0.3, -0.25) is 9.59 Å². The number of ketones is 1. The summed E-state index contributed by atoms with van der Waals surface area (Å²) in [6.07, 6.45) is 5.41. The molecule has 2 N–H and O–H groups in total. The molecule has 1 heterocycles. The smallest absolute Gasteiger partial charge is 0.305 e. The Labute approximate surface area is 197 Å². The second-order valence-corrected chi connectivity index (χ2v) is 7.79. The molecule has 0 atom stereocenters. The number of carbonyl (C=O) groups is 2. The number of aromatic nitrogens is 4. The summed E-state index contributed by atoms with van der Waals surface area (Å²) in [4.78, 5) is 22.3. The van der Waals surface area contributed by atoms with E-state index in [1.54, 1.807) is 19.1 Å². The Kier molecular flexibility index (Phi) is 13.9. The SMILES string of the molecule is CCCc1c(OCCCCBr)ccc(C(C)=O)c1O.CCOC(=O)CCCc1nnn[nH]1. The third-order valence-electron chi connectivity index (χ3n) is 4.39. The van der Waals surface area contributed by atoms with Gasteiger partial charge in [-0.25, -0.2) is 5.10 Å². The Hall–Kier alpha value is -2.49. The Morgan fingerprint density at radius 1 is 1.16 bits per heavy atom. The van der Waals surface area contributed by atoms with E-state index in [2.05, 4.69) is 36.6 Å². The first-order chi connectivity index (χ1) is 15.4. The van der Waals surface area contributed by atoms with Crippen molar-refractivity contribution in [2.45, 2.75) is 65.7 Å². The molecule has 0 amide bonds. The molecule has 0 spiro atoms. The Balaban J connectivity index is 0.000000343. The number of phenolic OH excluding ortho intramolecular Hbond substituents is 1. The third kappa shape index (κ3) is 10.2. The van der Waals surface area contributed by atoms with Crippen molar-refractivity contribution in [3.63, 3.8) is 0 Å². The van der Waals surface area contributed by atoms with Crippen molar-refractivity contribution in [3.05, 3.63) is 29.1 Å². The predicted octanol–water partition coefficient (Wildman–Crippen LogP) is 4.19. The van der Waals surface area contributed by atoms with E-state index >= 15 is 0 Å². The molecule has 1 aromatic carbocycles. The van der Waals surface area contributed by atoms with Crippen LogP contribution in [0, 0.1) is 0 Å². The van der Waals surface area contributed by atoms with Crippen molar-refractivity contribution < 1.29 is 24.2 Å². The van der Waals surface area contributed by atoms with Crippen LogP contribution in [0.3, 0.4) is 0 Å². The fourth-order valence-corrected chi connectivity index (χ4v) is 3.22. The summed E-state index contributed by atoms with van der Waals surface area (Å²) in [6.45, 7) is 6.35. The lowest BCUT2D eigenvalue weighted by Gasteiger charge is -2.14. The molecule has 0 saturated heterocycles. The van der Waals surface area contributed by atoms with Crippen LogP contribution < -0.4 is 4.74 Å². The molecule has 10 heteroatoms. The predicted molar refractivity (Wildman–Crippen MR) is 124 cm³/mol. The minimum absolute atomic E-state index is 0.0762. The van der Waals surface area contributed by atoms with Crippen LogP contribution in [0.25, 0.3) is 0 Å². The zero-order chi connectivity index (χ0) is 23.8. The van der Waals surface area contributed by atoms with Gasteiger partial charge < -0.3 is 14.6 Å². The Bertz CT molecular complexity index is 815. The van der Waals surface area contributed by atoms with Gasteiger partial charge in [-0.05, 0) is 62.1 Å². The first kappa shape index (κ1) is 27.5. The highest BCUT2D eigenvalue weighted by molar-refractivity contribution is 9.09. The molecule has 0 bridgehead atoms. The van der Waals surface area contributed by atoms with Crippen molar-refractivity contribution in [1.82, 2.24) is 20.6 Å². The van der Waals surface area contributed by atoms with Crippen molar-refractivity contribution in [1.29, 1.82) is 0 Å². The topological polar surface area (TPSA) is 127 Å². The number of unbranched alkanes of at least 4 members (excludes halogenated alkanes) is 1. The summed E-state index contributed by atoms with van der Waals surface area (Å²) in [7, 11) is 0. The number of hydrogen-bond acceptors (Lipinski definition) is 8. The number of carbonyl (C=O) groups excluding carboxylic acids is 2. The van der Waals surface area contributed by atoms with Crippen molar-refractivity contribution >= 4 is 27.7 Å². The van der Waals surface area contributed by atoms with E-state index in [4.69, 9.17) is 9.47 Å². The number of phenols is 1. The number of rotatable bonds is 13. The van der Waals surface area contributed by atoms with Crippen LogP contribution in [0.5, 0.6) is 11.5 Å². The maximum Gasteiger partial charge on any atom is 0.305 e. The monoisotopic (exact) mass is 512 g/mol. The number of ether oxygens (including phenoxy) is 2. The Morgan fingerprint density at radius 3 is 2.53 bits per heavy atom. The number of aromatic amines is 1. The summed E-state index contributed by atoms with van der Waals surface area (Å²) >= 11 is 3.38. The van der Waals surface area contributed by atoms with Gasteiger partial charge in [0.25, 0.3) is 0 Å². The van der Waals surface area contributed by atoms with E-state index in [0.717, 1.165) is 30.2 Å². The molecule has 0 aliphatic heterocycles. The van der Waals surface area contributed by atoms with E-state index in [1.165, 1.54) is 6.92 Å². The van der Waals surface area contributed by atoms with E-state index in [0.29, 0.717) is 56.0 Å². The van der Waals surface area contributed by atoms with E-state index in [9.17, 15) is 14.7 Å². The van der Waals surface area contributed by atoms with Crippen LogP contribution in [0.2, 0.25) is 0 Å². The quantitative estimate of drug-likeness (QED) is 0.177. The van der Waals surface area contributed by atoms with Crippen LogP contribution in [0.1, 0.15) is 74.6 Å². The summed E-state index contributed by atoms with van der Waals surface area (Å²) in [5.74, 6) is 1.17. The molecule has 0 saturated carbocycles. The normalized spacial score (nSPS) is 10.2. The van der Waals surface area contributed by atoms with E-state index < -0.39 is 0 Å². The zero-order valence-electron chi connectivity index (χ0n) is 19.0. The number of H-pyrrole nitrogens is 1. The van der Waals surface area contributed by atoms with Gasteiger partial charge in [0.2, 0.25) is 0 Å². The van der Waals surface area contributed by atoms with Crippen LogP contribution >= 0.6 is 15.9 Å². The molecule has 178 valence electrons. The number of aromatic hydroxyl groups is 1. The molecule has 9 nitrogen and oxygen atoms in total. The van der Waals surface area contributed by atoms with Gasteiger partial charge in [-0.2, -0.15) is 0 Å². The number of benzene rings is 1. The van der Waals surface area contributed by atoms with Crippen LogP contribution in [0.4, 0.5) is 0 Å². The standard InChI is InChI=1S/C15H21BrO3.C7H12N4O2/c1-3-6-13-14(19-10-5-4-9-16)8-7-12(11(2)17)15(13)18;1-2-13-7(12)5-3-4-6-8-10-11-9-6/h7-8,18H,3-6,9-10H2,1-2H3;2-5H2,1H3,(H,8,9,10,11). The number of esters is 1. The zero-order valence-corrected chi connectivity index (χ0v) is 20.6. The van der Waals surface area contributed by atoms with Crippen molar-refractivity contribution in [3.8, 4) is 11.5 Å². The summed E-state index contributed by atoms with van der Waals surface area (Å²) in [6, 6.07) is 3.42. The second kappa shape index (κ2) is 16.2. The largest absolute Gasteiger partial charge is 0.507 e. The molecule has 32 heavy (non-hydrogen) atoms. The molecule has 0 unspecified atom stereocenters. The second-order valence-electron chi connectivity index (χ2n) is 7.00. The summed E-state index contributed by atoms with van der Waals surface area (Å²) < 4.78 is 10.5. The van der Waals surface area contributed by atoms with Crippen molar-refractivity contribution in [2.24, 2.45) is 0 Å². The Morgan fingerprint density at radius 2 is 1.94 bits per heavy atom. The lowest BCUT2D eigenvalue weighted by molar-refractivity contribution is -0.143. The average Bonchev–Trinajstić information content (AvgIpc) is 3.27. The number of hydrogen-bond donors (Lipinski definition) is 2. The fourth-order valence-electron chi connectivity index (χ4n) is 2.83. The lowest BCUT2D eigenvalue weighted by Crippen LogP contribution is -2.04. The maximum absolute atomic E-state index is 11.4. The van der Waals surface area contributed by atoms with Gasteiger partial charge >= 0.3 is 5.97 Å². The minimum Gasteiger partial charge on any atom is -0.507 e. The molecule has 0 aliphatic carbocycles. The first-order valence-electron chi connectivity index (χ1n) is 10.9. The fraction of sp³-hybridized carbons (Fsp3) is 0.591. The van der Waals surface area contributed by atoms with Gasteiger partial charge in [0.1, 0.15) is 17.3 Å². The summed E-state index contributed by atoms with van der Waals surface area (Å²) in [5.41, 5.74) is 1.12. The van der Waals surface area contributed by atoms with Gasteiger partial charge in [0.05, 0.1) is 18.8 Å². The lowest BCUT2D eigenvalue weighted by atomic mass is 10.0. The number of nitrogens with one attached hydrogen (secondary N) is 1. The van der Waals surface area contributed by atoms with Crippen LogP contribution in [-0.2, 0) is 22.4 Å². The molecular formula is C22H33BrN4O5. The highest BCUT2D eigenvalue weighted by Crippen LogP contribution is 2.33. The first-order valence-corrected chi connectivity index (χ1v) is 12.0. The van der Waals surface area contributed by atoms with Gasteiger partial charge in [0.15, 0.2) is 5.78 Å². The number of aryl methyl sites for hydroxylation is 1. The summed E-state index contributed by atoms with van der Waals surface area (Å²) in [5, 5.41) is 24.3. The maximum atomic E-state index is 11.4. The van der Waals surface area contributed by atoms with Gasteiger partial charge in [-0.1, -0.05) is 29.3 Å². The van der Waals surface area contributed by atoms with Crippen LogP contribution in [0.15, 0.2) is 12.1 Å². The van der Waals surface area contributed by atoms with E-state index in [-0.39, 0.29) is 17.5 Å². The van der Waals surface area contributed by atoms with Crippen LogP contribution in [-0.4, -0.2) is 56.0 Å². The number of nitrogens with zero attached hydrogens (tertiary/aromatic N) is 3. The number of alkyl halides is 1. The van der Waals surface area contributed by atoms with Gasteiger partial charge in [-0.15, -0.1) is 5.10 Å². The average molecular weight is 513 g/mol. The molecular weight excluding hydrogens is 480 g/mol. The molecule has 0 aliphatic rings.